The molecule has 6 nitrogen and oxygen atoms in total. The average molecular weight is 476 g/mol. The minimum atomic E-state index is -0.834. The summed E-state index contributed by atoms with van der Waals surface area (Å²) < 4.78 is 0. The first kappa shape index (κ1) is 23.7. The van der Waals surface area contributed by atoms with Gasteiger partial charge >= 0.3 is 0 Å². The number of carbonyl (C=O) groups excluding carboxylic acids is 3. The van der Waals surface area contributed by atoms with Crippen LogP contribution in [-0.2, 0) is 20.8 Å². The Morgan fingerprint density at radius 3 is 2.56 bits per heavy atom. The molecule has 3 aromatic rings. The number of nitrogen functional groups attached to an aromatic ring is 1. The van der Waals surface area contributed by atoms with Crippen LogP contribution in [0.2, 0.25) is 0 Å². The molecular formula is C27H29N3O3S. The molecule has 3 N–H and O–H groups in total. The molecule has 4 rings (SSSR count). The molecular weight excluding hydrogens is 446 g/mol. The lowest BCUT2D eigenvalue weighted by atomic mass is 9.92. The highest BCUT2D eigenvalue weighted by Crippen LogP contribution is 2.44. The number of thiophene rings is 1. The highest BCUT2D eigenvalue weighted by atomic mass is 32.1. The summed E-state index contributed by atoms with van der Waals surface area (Å²) in [6.45, 7) is 5.77. The molecule has 0 radical (unpaired) electrons. The smallest absolute Gasteiger partial charge is 0.256 e. The van der Waals surface area contributed by atoms with Crippen LogP contribution in [0.3, 0.4) is 0 Å². The zero-order valence-corrected chi connectivity index (χ0v) is 20.4. The summed E-state index contributed by atoms with van der Waals surface area (Å²) >= 11 is 1.49. The number of benzene rings is 2. The fourth-order valence-corrected chi connectivity index (χ4v) is 5.18. The fraction of sp³-hybridized carbons (Fsp3) is 0.296. The SMILES string of the molecule is CC(C)C[C@H](NC(=O)Cc1cccs1)C(=O)N1C(=O)C(C)c2ccccc2-c2c(N)cccc21. The standard InChI is InChI=1S/C27H29N3O3S/c1-16(2)14-22(29-24(31)15-18-8-7-13-34-18)27(33)30-23-12-6-11-21(28)25(23)20-10-5-4-9-19(20)17(3)26(30)32/h4-13,16-17,22H,14-15,28H2,1-3H3,(H,29,31)/t17?,22-/m0/s1. The molecule has 0 aliphatic carbocycles. The zero-order chi connectivity index (χ0) is 24.4. The van der Waals surface area contributed by atoms with Gasteiger partial charge in [-0.2, -0.15) is 0 Å². The highest BCUT2D eigenvalue weighted by molar-refractivity contribution is 7.10. The van der Waals surface area contributed by atoms with Crippen LogP contribution < -0.4 is 16.0 Å². The Labute approximate surface area is 203 Å². The van der Waals surface area contributed by atoms with Crippen molar-refractivity contribution in [1.29, 1.82) is 0 Å². The van der Waals surface area contributed by atoms with Crippen LogP contribution in [-0.4, -0.2) is 23.8 Å². The van der Waals surface area contributed by atoms with Crippen molar-refractivity contribution in [3.8, 4) is 11.1 Å². The molecule has 0 spiro atoms. The van der Waals surface area contributed by atoms with Crippen molar-refractivity contribution >= 4 is 40.4 Å². The molecule has 2 atom stereocenters. The lowest BCUT2D eigenvalue weighted by Gasteiger charge is -2.29. The van der Waals surface area contributed by atoms with Gasteiger partial charge in [0.25, 0.3) is 5.91 Å². The topological polar surface area (TPSA) is 92.5 Å². The Morgan fingerprint density at radius 2 is 1.85 bits per heavy atom. The summed E-state index contributed by atoms with van der Waals surface area (Å²) in [6, 6.07) is 15.8. The number of anilines is 2. The van der Waals surface area contributed by atoms with E-state index in [9.17, 15) is 14.4 Å². The van der Waals surface area contributed by atoms with Crippen LogP contribution in [0.1, 0.15) is 43.6 Å². The van der Waals surface area contributed by atoms with Crippen molar-refractivity contribution in [3.63, 3.8) is 0 Å². The van der Waals surface area contributed by atoms with Crippen molar-refractivity contribution in [2.45, 2.75) is 45.6 Å². The average Bonchev–Trinajstić information content (AvgIpc) is 3.28. The fourth-order valence-electron chi connectivity index (χ4n) is 4.48. The van der Waals surface area contributed by atoms with E-state index in [2.05, 4.69) is 5.32 Å². The van der Waals surface area contributed by atoms with E-state index >= 15 is 0 Å². The third-order valence-corrected chi connectivity index (χ3v) is 6.96. The summed E-state index contributed by atoms with van der Waals surface area (Å²) in [7, 11) is 0. The van der Waals surface area contributed by atoms with Gasteiger partial charge in [-0.3, -0.25) is 14.4 Å². The van der Waals surface area contributed by atoms with Crippen LogP contribution >= 0.6 is 11.3 Å². The minimum Gasteiger partial charge on any atom is -0.398 e. The molecule has 0 fully saturated rings. The Kier molecular flexibility index (Phi) is 6.84. The molecule has 0 saturated heterocycles. The molecule has 0 bridgehead atoms. The second-order valence-corrected chi connectivity index (χ2v) is 10.1. The maximum atomic E-state index is 14.0. The number of imide groups is 1. The van der Waals surface area contributed by atoms with Gasteiger partial charge in [-0.15, -0.1) is 11.3 Å². The predicted octanol–water partition coefficient (Wildman–Crippen LogP) is 4.75. The number of hydrogen-bond donors (Lipinski definition) is 2. The summed E-state index contributed by atoms with van der Waals surface area (Å²) in [6.07, 6.45) is 0.608. The predicted molar refractivity (Wildman–Crippen MR) is 137 cm³/mol. The minimum absolute atomic E-state index is 0.132. The van der Waals surface area contributed by atoms with E-state index in [0.717, 1.165) is 16.0 Å². The lowest BCUT2D eigenvalue weighted by Crippen LogP contribution is -2.52. The third kappa shape index (κ3) is 4.61. The quantitative estimate of drug-likeness (QED) is 0.503. The molecule has 1 aliphatic heterocycles. The number of amides is 3. The van der Waals surface area contributed by atoms with E-state index in [1.54, 1.807) is 25.1 Å². The number of fused-ring (bicyclic) bond motifs is 3. The van der Waals surface area contributed by atoms with E-state index in [0.29, 0.717) is 23.4 Å². The van der Waals surface area contributed by atoms with Crippen LogP contribution in [0.4, 0.5) is 11.4 Å². The van der Waals surface area contributed by atoms with Crippen LogP contribution in [0, 0.1) is 5.92 Å². The Morgan fingerprint density at radius 1 is 1.09 bits per heavy atom. The maximum absolute atomic E-state index is 14.0. The second kappa shape index (κ2) is 9.81. The first-order chi connectivity index (χ1) is 16.3. The number of rotatable bonds is 6. The van der Waals surface area contributed by atoms with Gasteiger partial charge in [0.05, 0.1) is 18.0 Å². The van der Waals surface area contributed by atoms with Crippen molar-refractivity contribution in [2.24, 2.45) is 5.92 Å². The molecule has 2 aromatic carbocycles. The Bertz CT molecular complexity index is 1220. The Balaban J connectivity index is 1.74. The van der Waals surface area contributed by atoms with Crippen molar-refractivity contribution in [3.05, 3.63) is 70.4 Å². The zero-order valence-electron chi connectivity index (χ0n) is 19.6. The maximum Gasteiger partial charge on any atom is 0.256 e. The highest BCUT2D eigenvalue weighted by Gasteiger charge is 2.39. The normalized spacial score (nSPS) is 15.9. The van der Waals surface area contributed by atoms with Crippen LogP contribution in [0.15, 0.2) is 60.0 Å². The van der Waals surface area contributed by atoms with Gasteiger partial charge in [0.15, 0.2) is 0 Å². The van der Waals surface area contributed by atoms with Gasteiger partial charge in [0, 0.05) is 16.1 Å². The number of carbonyl (C=O) groups is 3. The van der Waals surface area contributed by atoms with Crippen molar-refractivity contribution < 1.29 is 14.4 Å². The first-order valence-electron chi connectivity index (χ1n) is 11.4. The lowest BCUT2D eigenvalue weighted by molar-refractivity contribution is -0.131. The van der Waals surface area contributed by atoms with Gasteiger partial charge in [-0.05, 0) is 54.0 Å². The largest absolute Gasteiger partial charge is 0.398 e. The summed E-state index contributed by atoms with van der Waals surface area (Å²) in [5.41, 5.74) is 9.65. The van der Waals surface area contributed by atoms with Crippen molar-refractivity contribution in [2.75, 3.05) is 10.6 Å². The molecule has 1 unspecified atom stereocenters. The molecule has 7 heteroatoms. The van der Waals surface area contributed by atoms with E-state index in [1.807, 2.05) is 55.6 Å². The monoisotopic (exact) mass is 475 g/mol. The summed E-state index contributed by atoms with van der Waals surface area (Å²) in [5, 5.41) is 4.81. The van der Waals surface area contributed by atoms with Crippen molar-refractivity contribution in [1.82, 2.24) is 5.32 Å². The third-order valence-electron chi connectivity index (χ3n) is 6.08. The Hall–Kier alpha value is -3.45. The van der Waals surface area contributed by atoms with Gasteiger partial charge in [0.2, 0.25) is 11.8 Å². The van der Waals surface area contributed by atoms with Gasteiger partial charge in [-0.25, -0.2) is 4.90 Å². The number of nitrogens with one attached hydrogen (secondary N) is 1. The number of hydrogen-bond acceptors (Lipinski definition) is 5. The van der Waals surface area contributed by atoms with E-state index in [4.69, 9.17) is 5.73 Å². The van der Waals surface area contributed by atoms with Crippen LogP contribution in [0.25, 0.3) is 11.1 Å². The number of nitrogens with zero attached hydrogens (tertiary/aromatic N) is 1. The molecule has 2 heterocycles. The number of nitrogens with two attached hydrogens (primary N) is 1. The van der Waals surface area contributed by atoms with Gasteiger partial charge in [0.1, 0.15) is 6.04 Å². The molecule has 1 aliphatic rings. The summed E-state index contributed by atoms with van der Waals surface area (Å²) in [5.74, 6) is -1.43. The van der Waals surface area contributed by atoms with Gasteiger partial charge in [-0.1, -0.05) is 50.2 Å². The first-order valence-corrected chi connectivity index (χ1v) is 12.3. The summed E-state index contributed by atoms with van der Waals surface area (Å²) in [4.78, 5) is 42.6. The van der Waals surface area contributed by atoms with Gasteiger partial charge < -0.3 is 11.1 Å². The van der Waals surface area contributed by atoms with E-state index in [1.165, 1.54) is 16.2 Å². The van der Waals surface area contributed by atoms with E-state index in [-0.39, 0.29) is 24.2 Å². The van der Waals surface area contributed by atoms with E-state index < -0.39 is 17.9 Å². The molecule has 34 heavy (non-hydrogen) atoms. The second-order valence-electron chi connectivity index (χ2n) is 9.07. The molecule has 176 valence electrons. The van der Waals surface area contributed by atoms with Crippen LogP contribution in [0.5, 0.6) is 0 Å². The molecule has 3 amide bonds. The molecule has 0 saturated carbocycles. The molecule has 1 aromatic heterocycles.